The molecule has 1 aliphatic rings. The van der Waals surface area contributed by atoms with Gasteiger partial charge < -0.3 is 11.1 Å². The minimum atomic E-state index is -4.41. The van der Waals surface area contributed by atoms with Crippen LogP contribution in [-0.4, -0.2) is 24.0 Å². The van der Waals surface area contributed by atoms with Gasteiger partial charge in [0.1, 0.15) is 0 Å². The first-order chi connectivity index (χ1) is 9.91. The Hall–Kier alpha value is -1.15. The van der Waals surface area contributed by atoms with Crippen molar-refractivity contribution in [1.82, 2.24) is 10.3 Å². The van der Waals surface area contributed by atoms with Gasteiger partial charge in [0.2, 0.25) is 5.91 Å². The zero-order valence-electron chi connectivity index (χ0n) is 11.4. The van der Waals surface area contributed by atoms with Crippen LogP contribution in [0.1, 0.15) is 30.0 Å². The van der Waals surface area contributed by atoms with Crippen LogP contribution in [0.25, 0.3) is 0 Å². The summed E-state index contributed by atoms with van der Waals surface area (Å²) in [6.45, 7) is 0.803. The zero-order chi connectivity index (χ0) is 15.5. The number of alkyl halides is 3. The summed E-state index contributed by atoms with van der Waals surface area (Å²) < 4.78 is 37.2. The number of carbonyl (C=O) groups excluding carboxylic acids is 1. The molecule has 118 valence electrons. The Morgan fingerprint density at radius 1 is 1.48 bits per heavy atom. The molecule has 0 aromatic carbocycles. The van der Waals surface area contributed by atoms with E-state index in [1.165, 1.54) is 0 Å². The van der Waals surface area contributed by atoms with Crippen LogP contribution in [0.4, 0.5) is 13.2 Å². The molecule has 1 amide bonds. The number of nitrogens with two attached hydrogens (primary N) is 1. The summed E-state index contributed by atoms with van der Waals surface area (Å²) in [5.41, 5.74) is 4.76. The van der Waals surface area contributed by atoms with E-state index in [1.807, 2.05) is 0 Å². The monoisotopic (exact) mass is 321 g/mol. The van der Waals surface area contributed by atoms with E-state index in [1.54, 1.807) is 0 Å². The van der Waals surface area contributed by atoms with Gasteiger partial charge in [0.25, 0.3) is 0 Å². The Balaban J connectivity index is 1.79. The van der Waals surface area contributed by atoms with Crippen LogP contribution in [-0.2, 0) is 17.4 Å². The number of carbonyl (C=O) groups is 1. The second-order valence-electron chi connectivity index (χ2n) is 5.20. The van der Waals surface area contributed by atoms with Gasteiger partial charge in [-0.15, -0.1) is 11.3 Å². The van der Waals surface area contributed by atoms with Crippen LogP contribution in [0.15, 0.2) is 5.38 Å². The minimum absolute atomic E-state index is 0.0458. The molecular weight excluding hydrogens is 303 g/mol. The molecule has 21 heavy (non-hydrogen) atoms. The van der Waals surface area contributed by atoms with Crippen molar-refractivity contribution in [2.45, 2.75) is 31.9 Å². The smallest absolute Gasteiger partial charge is 0.355 e. The van der Waals surface area contributed by atoms with Crippen molar-refractivity contribution >= 4 is 17.2 Å². The zero-order valence-corrected chi connectivity index (χ0v) is 12.3. The van der Waals surface area contributed by atoms with Gasteiger partial charge in [-0.2, -0.15) is 13.2 Å². The molecule has 1 aromatic heterocycles. The molecule has 2 rings (SSSR count). The van der Waals surface area contributed by atoms with E-state index in [4.69, 9.17) is 5.73 Å². The number of thiazole rings is 1. The fourth-order valence-corrected chi connectivity index (χ4v) is 3.45. The number of halogens is 3. The largest absolute Gasteiger partial charge is 0.434 e. The highest BCUT2D eigenvalue weighted by Crippen LogP contribution is 2.31. The molecule has 1 saturated carbocycles. The molecule has 4 nitrogen and oxygen atoms in total. The lowest BCUT2D eigenvalue weighted by molar-refractivity contribution is -0.140. The summed E-state index contributed by atoms with van der Waals surface area (Å²) in [6.07, 6.45) is -1.29. The van der Waals surface area contributed by atoms with Crippen molar-refractivity contribution < 1.29 is 18.0 Å². The first kappa shape index (κ1) is 16.2. The standard InChI is InChI=1S/C13H18F3N3OS/c14-13(15,16)10-7-21-11(19-10)4-5-18-12(20)9-3-1-2-8(9)6-17/h7-9H,1-6,17H2,(H,18,20)/t8-,9-/m1/s1. The molecule has 0 aliphatic heterocycles. The van der Waals surface area contributed by atoms with Gasteiger partial charge in [0, 0.05) is 24.3 Å². The number of rotatable bonds is 5. The van der Waals surface area contributed by atoms with Crippen LogP contribution < -0.4 is 11.1 Å². The highest BCUT2D eigenvalue weighted by molar-refractivity contribution is 7.09. The molecule has 1 aromatic rings. The fraction of sp³-hybridized carbons (Fsp3) is 0.692. The average Bonchev–Trinajstić information content (AvgIpc) is 3.06. The van der Waals surface area contributed by atoms with Gasteiger partial charge in [-0.1, -0.05) is 6.42 Å². The Labute approximate surface area is 124 Å². The second-order valence-corrected chi connectivity index (χ2v) is 6.14. The Morgan fingerprint density at radius 3 is 2.86 bits per heavy atom. The van der Waals surface area contributed by atoms with Gasteiger partial charge in [0.05, 0.1) is 5.01 Å². The van der Waals surface area contributed by atoms with Gasteiger partial charge in [0.15, 0.2) is 5.69 Å². The van der Waals surface area contributed by atoms with Crippen LogP contribution >= 0.6 is 11.3 Å². The summed E-state index contributed by atoms with van der Waals surface area (Å²) in [7, 11) is 0. The van der Waals surface area contributed by atoms with Crippen molar-refractivity contribution in [3.63, 3.8) is 0 Å². The van der Waals surface area contributed by atoms with E-state index in [0.29, 0.717) is 24.5 Å². The highest BCUT2D eigenvalue weighted by Gasteiger charge is 2.34. The quantitative estimate of drug-likeness (QED) is 0.873. The van der Waals surface area contributed by atoms with E-state index >= 15 is 0 Å². The maximum Gasteiger partial charge on any atom is 0.434 e. The van der Waals surface area contributed by atoms with Gasteiger partial charge in [-0.25, -0.2) is 4.98 Å². The molecule has 0 saturated heterocycles. The SMILES string of the molecule is NC[C@H]1CCC[C@H]1C(=O)NCCc1nc(C(F)(F)F)cs1. The molecule has 0 bridgehead atoms. The van der Waals surface area contributed by atoms with Crippen LogP contribution in [0.2, 0.25) is 0 Å². The third kappa shape index (κ3) is 4.16. The first-order valence-corrected chi connectivity index (χ1v) is 7.79. The number of nitrogens with one attached hydrogen (secondary N) is 1. The molecule has 1 fully saturated rings. The lowest BCUT2D eigenvalue weighted by atomic mass is 9.95. The van der Waals surface area contributed by atoms with Crippen molar-refractivity contribution in [2.75, 3.05) is 13.1 Å². The van der Waals surface area contributed by atoms with Crippen LogP contribution in [0.3, 0.4) is 0 Å². The Morgan fingerprint density at radius 2 is 2.24 bits per heavy atom. The predicted octanol–water partition coefficient (Wildman–Crippen LogP) is 2.20. The summed E-state index contributed by atoms with van der Waals surface area (Å²) >= 11 is 0.963. The summed E-state index contributed by atoms with van der Waals surface area (Å²) in [6, 6.07) is 0. The third-order valence-corrected chi connectivity index (χ3v) is 4.69. The summed E-state index contributed by atoms with van der Waals surface area (Å²) in [4.78, 5) is 15.5. The first-order valence-electron chi connectivity index (χ1n) is 6.91. The molecule has 0 spiro atoms. The van der Waals surface area contributed by atoms with Gasteiger partial charge >= 0.3 is 6.18 Å². The third-order valence-electron chi connectivity index (χ3n) is 3.78. The van der Waals surface area contributed by atoms with E-state index in [-0.39, 0.29) is 17.7 Å². The van der Waals surface area contributed by atoms with Crippen molar-refractivity contribution in [2.24, 2.45) is 17.6 Å². The normalized spacial score (nSPS) is 22.5. The van der Waals surface area contributed by atoms with E-state index in [2.05, 4.69) is 10.3 Å². The molecule has 0 unspecified atom stereocenters. The van der Waals surface area contributed by atoms with Gasteiger partial charge in [-0.3, -0.25) is 4.79 Å². The lowest BCUT2D eigenvalue weighted by Gasteiger charge is -2.17. The topological polar surface area (TPSA) is 68.0 Å². The number of hydrogen-bond acceptors (Lipinski definition) is 4. The number of hydrogen-bond donors (Lipinski definition) is 2. The second kappa shape index (κ2) is 6.74. The van der Waals surface area contributed by atoms with E-state index in [9.17, 15) is 18.0 Å². The summed E-state index contributed by atoms with van der Waals surface area (Å²) in [5, 5.41) is 4.15. The summed E-state index contributed by atoms with van der Waals surface area (Å²) in [5.74, 6) is 0.120. The van der Waals surface area contributed by atoms with Crippen molar-refractivity contribution in [3.05, 3.63) is 16.1 Å². The average molecular weight is 321 g/mol. The number of amides is 1. The number of aromatic nitrogens is 1. The van der Waals surface area contributed by atoms with E-state index < -0.39 is 11.9 Å². The molecule has 1 heterocycles. The predicted molar refractivity (Wildman–Crippen MR) is 73.7 cm³/mol. The van der Waals surface area contributed by atoms with Crippen LogP contribution in [0.5, 0.6) is 0 Å². The van der Waals surface area contributed by atoms with Crippen molar-refractivity contribution in [3.8, 4) is 0 Å². The van der Waals surface area contributed by atoms with E-state index in [0.717, 1.165) is 36.0 Å². The van der Waals surface area contributed by atoms with Crippen LogP contribution in [0, 0.1) is 11.8 Å². The Bertz CT molecular complexity index is 489. The number of nitrogens with zero attached hydrogens (tertiary/aromatic N) is 1. The molecule has 2 atom stereocenters. The maximum atomic E-state index is 12.4. The molecule has 0 radical (unpaired) electrons. The van der Waals surface area contributed by atoms with Crippen molar-refractivity contribution in [1.29, 1.82) is 0 Å². The highest BCUT2D eigenvalue weighted by atomic mass is 32.1. The lowest BCUT2D eigenvalue weighted by Crippen LogP contribution is -2.36. The Kier molecular flexibility index (Phi) is 5.21. The molecular formula is C13H18F3N3OS. The van der Waals surface area contributed by atoms with Gasteiger partial charge in [-0.05, 0) is 25.3 Å². The minimum Gasteiger partial charge on any atom is -0.355 e. The molecule has 1 aliphatic carbocycles. The molecule has 8 heteroatoms. The fourth-order valence-electron chi connectivity index (χ4n) is 2.64. The molecule has 3 N–H and O–H groups in total. The maximum absolute atomic E-state index is 12.4.